The number of amides is 3. The fraction of sp³-hybridized carbons (Fsp3) is 0.375. The molecule has 0 bridgehead atoms. The van der Waals surface area contributed by atoms with E-state index < -0.39 is 36.3 Å². The van der Waals surface area contributed by atoms with Gasteiger partial charge in [0.1, 0.15) is 12.6 Å². The van der Waals surface area contributed by atoms with E-state index in [0.717, 1.165) is 11.3 Å². The second-order valence-corrected chi connectivity index (χ2v) is 6.40. The van der Waals surface area contributed by atoms with Crippen LogP contribution in [-0.2, 0) is 9.59 Å². The molecule has 2 rings (SSSR count). The van der Waals surface area contributed by atoms with E-state index in [4.69, 9.17) is 5.11 Å². The van der Waals surface area contributed by atoms with Crippen molar-refractivity contribution in [3.63, 3.8) is 0 Å². The summed E-state index contributed by atoms with van der Waals surface area (Å²) in [7, 11) is 0. The van der Waals surface area contributed by atoms with Crippen molar-refractivity contribution in [1.29, 1.82) is 0 Å². The van der Waals surface area contributed by atoms with Gasteiger partial charge in [-0.05, 0) is 24.6 Å². The third kappa shape index (κ3) is 3.81. The van der Waals surface area contributed by atoms with E-state index in [0.29, 0.717) is 17.3 Å². The maximum absolute atomic E-state index is 12.3. The minimum atomic E-state index is -1.14. The average Bonchev–Trinajstić information content (AvgIpc) is 2.75. The summed E-state index contributed by atoms with van der Waals surface area (Å²) < 4.78 is 0.652. The third-order valence-electron chi connectivity index (χ3n) is 3.71. The summed E-state index contributed by atoms with van der Waals surface area (Å²) in [4.78, 5) is 48.5. The first-order chi connectivity index (χ1) is 11.3. The number of aliphatic carboxylic acids is 1. The lowest BCUT2D eigenvalue weighted by Gasteiger charge is -2.17. The summed E-state index contributed by atoms with van der Waals surface area (Å²) in [6.07, 6.45) is 1.75. The molecule has 0 fully saturated rings. The fourth-order valence-electron chi connectivity index (χ4n) is 2.46. The molecule has 7 nitrogen and oxygen atoms in total. The van der Waals surface area contributed by atoms with Gasteiger partial charge in [0, 0.05) is 4.47 Å². The molecule has 0 aromatic heterocycles. The lowest BCUT2D eigenvalue weighted by Crippen LogP contribution is -2.46. The highest BCUT2D eigenvalue weighted by molar-refractivity contribution is 9.10. The predicted octanol–water partition coefficient (Wildman–Crippen LogP) is 1.80. The highest BCUT2D eigenvalue weighted by atomic mass is 79.9. The Morgan fingerprint density at radius 3 is 2.54 bits per heavy atom. The van der Waals surface area contributed by atoms with Crippen molar-refractivity contribution in [3.05, 3.63) is 33.8 Å². The summed E-state index contributed by atoms with van der Waals surface area (Å²) in [6, 6.07) is 3.65. The minimum absolute atomic E-state index is 0.225. The first kappa shape index (κ1) is 18.1. The lowest BCUT2D eigenvalue weighted by atomic mass is 10.1. The molecule has 128 valence electrons. The molecule has 1 aliphatic heterocycles. The molecule has 1 aliphatic rings. The Balaban J connectivity index is 2.06. The van der Waals surface area contributed by atoms with Crippen molar-refractivity contribution in [3.8, 4) is 0 Å². The first-order valence-electron chi connectivity index (χ1n) is 7.53. The zero-order chi connectivity index (χ0) is 17.9. The highest BCUT2D eigenvalue weighted by Crippen LogP contribution is 2.25. The van der Waals surface area contributed by atoms with Crippen LogP contribution < -0.4 is 5.32 Å². The van der Waals surface area contributed by atoms with Crippen LogP contribution in [0.2, 0.25) is 0 Å². The number of fused-ring (bicyclic) bond motifs is 1. The van der Waals surface area contributed by atoms with E-state index in [2.05, 4.69) is 21.2 Å². The Morgan fingerprint density at radius 2 is 1.92 bits per heavy atom. The van der Waals surface area contributed by atoms with Crippen LogP contribution in [0.3, 0.4) is 0 Å². The SMILES string of the molecule is CCCC[C@H](NC(=O)CN1C(=O)c2ccc(Br)cc2C1=O)C(=O)O. The van der Waals surface area contributed by atoms with Crippen LogP contribution in [0.15, 0.2) is 22.7 Å². The Kier molecular flexibility index (Phi) is 5.71. The summed E-state index contributed by atoms with van der Waals surface area (Å²) in [5.41, 5.74) is 0.458. The molecule has 2 N–H and O–H groups in total. The van der Waals surface area contributed by atoms with E-state index in [-0.39, 0.29) is 11.1 Å². The Labute approximate surface area is 147 Å². The maximum atomic E-state index is 12.3. The molecule has 1 aromatic carbocycles. The molecule has 0 unspecified atom stereocenters. The van der Waals surface area contributed by atoms with Crippen molar-refractivity contribution < 1.29 is 24.3 Å². The van der Waals surface area contributed by atoms with Gasteiger partial charge in [-0.2, -0.15) is 0 Å². The van der Waals surface area contributed by atoms with Crippen LogP contribution in [0, 0.1) is 0 Å². The van der Waals surface area contributed by atoms with Gasteiger partial charge in [-0.3, -0.25) is 19.3 Å². The second kappa shape index (κ2) is 7.57. The van der Waals surface area contributed by atoms with Crippen LogP contribution in [0.25, 0.3) is 0 Å². The molecule has 0 saturated heterocycles. The van der Waals surface area contributed by atoms with Gasteiger partial charge in [-0.15, -0.1) is 0 Å². The lowest BCUT2D eigenvalue weighted by molar-refractivity contribution is -0.142. The van der Waals surface area contributed by atoms with Crippen LogP contribution >= 0.6 is 15.9 Å². The van der Waals surface area contributed by atoms with Crippen LogP contribution in [0.1, 0.15) is 46.9 Å². The summed E-state index contributed by atoms with van der Waals surface area (Å²) in [5, 5.41) is 11.5. The zero-order valence-corrected chi connectivity index (χ0v) is 14.6. The predicted molar refractivity (Wildman–Crippen MR) is 88.6 cm³/mol. The number of carboxylic acids is 1. The highest BCUT2D eigenvalue weighted by Gasteiger charge is 2.37. The monoisotopic (exact) mass is 396 g/mol. The van der Waals surface area contributed by atoms with Crippen molar-refractivity contribution in [2.24, 2.45) is 0 Å². The number of unbranched alkanes of at least 4 members (excludes halogenated alkanes) is 1. The van der Waals surface area contributed by atoms with E-state index in [9.17, 15) is 19.2 Å². The number of rotatable bonds is 7. The smallest absolute Gasteiger partial charge is 0.326 e. The fourth-order valence-corrected chi connectivity index (χ4v) is 2.82. The quantitative estimate of drug-likeness (QED) is 0.683. The number of imide groups is 1. The van der Waals surface area contributed by atoms with E-state index >= 15 is 0 Å². The number of carboxylic acid groups (broad SMARTS) is 1. The molecule has 3 amide bonds. The molecule has 1 aromatic rings. The Hall–Kier alpha value is -2.22. The van der Waals surface area contributed by atoms with Gasteiger partial charge in [-0.25, -0.2) is 4.79 Å². The van der Waals surface area contributed by atoms with Crippen molar-refractivity contribution >= 4 is 39.6 Å². The Morgan fingerprint density at radius 1 is 1.25 bits per heavy atom. The van der Waals surface area contributed by atoms with Gasteiger partial charge in [0.25, 0.3) is 11.8 Å². The maximum Gasteiger partial charge on any atom is 0.326 e. The van der Waals surface area contributed by atoms with Crippen molar-refractivity contribution in [1.82, 2.24) is 10.2 Å². The molecule has 0 radical (unpaired) electrons. The molecule has 0 spiro atoms. The molecular formula is C16H17BrN2O5. The average molecular weight is 397 g/mol. The van der Waals surface area contributed by atoms with Crippen LogP contribution in [0.5, 0.6) is 0 Å². The van der Waals surface area contributed by atoms with Gasteiger partial charge in [0.15, 0.2) is 0 Å². The summed E-state index contributed by atoms with van der Waals surface area (Å²) in [6.45, 7) is 1.41. The first-order valence-corrected chi connectivity index (χ1v) is 8.32. The minimum Gasteiger partial charge on any atom is -0.480 e. The summed E-state index contributed by atoms with van der Waals surface area (Å²) in [5.74, 6) is -2.93. The number of carbonyl (C=O) groups excluding carboxylic acids is 3. The van der Waals surface area contributed by atoms with Crippen molar-refractivity contribution in [2.75, 3.05) is 6.54 Å². The van der Waals surface area contributed by atoms with Crippen LogP contribution in [-0.4, -0.2) is 46.3 Å². The van der Waals surface area contributed by atoms with Gasteiger partial charge in [0.05, 0.1) is 11.1 Å². The number of benzene rings is 1. The van der Waals surface area contributed by atoms with Gasteiger partial charge >= 0.3 is 5.97 Å². The van der Waals surface area contributed by atoms with Gasteiger partial charge in [0.2, 0.25) is 5.91 Å². The number of halogens is 1. The number of nitrogens with zero attached hydrogens (tertiary/aromatic N) is 1. The number of hydrogen-bond acceptors (Lipinski definition) is 4. The number of nitrogens with one attached hydrogen (secondary N) is 1. The molecule has 8 heteroatoms. The van der Waals surface area contributed by atoms with Crippen LogP contribution in [0.4, 0.5) is 0 Å². The van der Waals surface area contributed by atoms with Crippen molar-refractivity contribution in [2.45, 2.75) is 32.2 Å². The molecule has 1 heterocycles. The molecule has 0 aliphatic carbocycles. The topological polar surface area (TPSA) is 104 Å². The van der Waals surface area contributed by atoms with E-state index in [1.54, 1.807) is 6.07 Å². The van der Waals surface area contributed by atoms with E-state index in [1.165, 1.54) is 12.1 Å². The third-order valence-corrected chi connectivity index (χ3v) is 4.21. The molecule has 24 heavy (non-hydrogen) atoms. The summed E-state index contributed by atoms with van der Waals surface area (Å²) >= 11 is 3.23. The normalized spacial score (nSPS) is 14.5. The number of hydrogen-bond donors (Lipinski definition) is 2. The molecular weight excluding hydrogens is 380 g/mol. The standard InChI is InChI=1S/C16H17BrN2O5/c1-2-3-4-12(16(23)24)18-13(20)8-19-14(21)10-6-5-9(17)7-11(10)15(19)22/h5-7,12H,2-4,8H2,1H3,(H,18,20)(H,23,24)/t12-/m0/s1. The second-order valence-electron chi connectivity index (χ2n) is 5.49. The van der Waals surface area contributed by atoms with Gasteiger partial charge in [-0.1, -0.05) is 35.7 Å². The Bertz CT molecular complexity index is 704. The van der Waals surface area contributed by atoms with Gasteiger partial charge < -0.3 is 10.4 Å². The zero-order valence-electron chi connectivity index (χ0n) is 13.0. The van der Waals surface area contributed by atoms with E-state index in [1.807, 2.05) is 6.92 Å². The number of carbonyl (C=O) groups is 4. The molecule has 0 saturated carbocycles. The largest absolute Gasteiger partial charge is 0.480 e. The molecule has 1 atom stereocenters.